The number of aliphatic hydroxyl groups is 1. The van der Waals surface area contributed by atoms with Crippen molar-refractivity contribution in [2.24, 2.45) is 0 Å². The van der Waals surface area contributed by atoms with Gasteiger partial charge in [0.2, 0.25) is 0 Å². The van der Waals surface area contributed by atoms with Crippen molar-refractivity contribution in [1.82, 2.24) is 4.90 Å². The van der Waals surface area contributed by atoms with Crippen molar-refractivity contribution in [1.29, 1.82) is 0 Å². The van der Waals surface area contributed by atoms with Gasteiger partial charge in [-0.15, -0.1) is 0 Å². The smallest absolute Gasteiger partial charge is 0.253 e. The SMILES string of the molecule is O=C(c1ccccc1)N1CCC(Br)C(O)C1. The number of piperidine rings is 1. The van der Waals surface area contributed by atoms with E-state index in [0.29, 0.717) is 18.7 Å². The fourth-order valence-corrected chi connectivity index (χ4v) is 2.22. The summed E-state index contributed by atoms with van der Waals surface area (Å²) in [5.74, 6) is -0.000880. The van der Waals surface area contributed by atoms with Crippen LogP contribution in [0.2, 0.25) is 0 Å². The summed E-state index contributed by atoms with van der Waals surface area (Å²) in [4.78, 5) is 13.9. The fourth-order valence-electron chi connectivity index (χ4n) is 1.85. The van der Waals surface area contributed by atoms with Crippen LogP contribution < -0.4 is 0 Å². The molecule has 0 saturated carbocycles. The Balaban J connectivity index is 2.06. The molecule has 1 fully saturated rings. The molecule has 1 aromatic rings. The minimum absolute atomic E-state index is 0.000880. The predicted octanol–water partition coefficient (Wildman–Crippen LogP) is 1.66. The quantitative estimate of drug-likeness (QED) is 0.797. The maximum atomic E-state index is 12.1. The second kappa shape index (κ2) is 4.97. The Hall–Kier alpha value is -0.870. The zero-order valence-corrected chi connectivity index (χ0v) is 10.4. The Labute approximate surface area is 103 Å². The average molecular weight is 284 g/mol. The Bertz CT molecular complexity index is 369. The number of likely N-dealkylation sites (tertiary alicyclic amines) is 1. The zero-order valence-electron chi connectivity index (χ0n) is 8.84. The molecule has 0 radical (unpaired) electrons. The van der Waals surface area contributed by atoms with E-state index >= 15 is 0 Å². The number of hydrogen-bond acceptors (Lipinski definition) is 2. The van der Waals surface area contributed by atoms with E-state index in [1.165, 1.54) is 0 Å². The molecule has 0 bridgehead atoms. The average Bonchev–Trinajstić information content (AvgIpc) is 2.33. The summed E-state index contributed by atoms with van der Waals surface area (Å²) in [5, 5.41) is 9.70. The molecule has 0 aliphatic carbocycles. The summed E-state index contributed by atoms with van der Waals surface area (Å²) in [7, 11) is 0. The predicted molar refractivity (Wildman–Crippen MR) is 65.7 cm³/mol. The van der Waals surface area contributed by atoms with Crippen LogP contribution in [0.4, 0.5) is 0 Å². The molecule has 2 rings (SSSR count). The summed E-state index contributed by atoms with van der Waals surface area (Å²) in [6.07, 6.45) is 0.320. The first-order chi connectivity index (χ1) is 7.68. The van der Waals surface area contributed by atoms with Crippen molar-refractivity contribution in [3.8, 4) is 0 Å². The van der Waals surface area contributed by atoms with E-state index in [4.69, 9.17) is 0 Å². The molecule has 1 aliphatic heterocycles. The third kappa shape index (κ3) is 2.44. The number of amides is 1. The molecule has 1 N–H and O–H groups in total. The molecule has 1 aromatic carbocycles. The van der Waals surface area contributed by atoms with E-state index < -0.39 is 6.10 Å². The van der Waals surface area contributed by atoms with Gasteiger partial charge in [0.25, 0.3) is 5.91 Å². The lowest BCUT2D eigenvalue weighted by atomic mass is 10.1. The summed E-state index contributed by atoms with van der Waals surface area (Å²) >= 11 is 3.40. The van der Waals surface area contributed by atoms with Crippen molar-refractivity contribution in [2.75, 3.05) is 13.1 Å². The number of alkyl halides is 1. The van der Waals surface area contributed by atoms with Crippen molar-refractivity contribution in [3.63, 3.8) is 0 Å². The van der Waals surface area contributed by atoms with E-state index in [1.807, 2.05) is 18.2 Å². The number of halogens is 1. The lowest BCUT2D eigenvalue weighted by Crippen LogP contribution is -2.47. The van der Waals surface area contributed by atoms with Crippen LogP contribution in [0.25, 0.3) is 0 Å². The van der Waals surface area contributed by atoms with Gasteiger partial charge < -0.3 is 10.0 Å². The minimum Gasteiger partial charge on any atom is -0.390 e. The number of rotatable bonds is 1. The van der Waals surface area contributed by atoms with Crippen LogP contribution >= 0.6 is 15.9 Å². The van der Waals surface area contributed by atoms with E-state index in [2.05, 4.69) is 15.9 Å². The highest BCUT2D eigenvalue weighted by molar-refractivity contribution is 9.09. The summed E-state index contributed by atoms with van der Waals surface area (Å²) in [6, 6.07) is 9.18. The van der Waals surface area contributed by atoms with Gasteiger partial charge in [-0.3, -0.25) is 4.79 Å². The second-order valence-electron chi connectivity index (χ2n) is 3.99. The number of carbonyl (C=O) groups is 1. The Morgan fingerprint density at radius 1 is 1.38 bits per heavy atom. The third-order valence-corrected chi connectivity index (χ3v) is 3.88. The zero-order chi connectivity index (χ0) is 11.5. The van der Waals surface area contributed by atoms with Gasteiger partial charge in [-0.05, 0) is 18.6 Å². The van der Waals surface area contributed by atoms with Gasteiger partial charge in [0.1, 0.15) is 0 Å². The molecule has 3 nitrogen and oxygen atoms in total. The molecule has 4 heteroatoms. The molecule has 1 aliphatic rings. The number of carbonyl (C=O) groups excluding carboxylic acids is 1. The van der Waals surface area contributed by atoms with Gasteiger partial charge in [0.15, 0.2) is 0 Å². The van der Waals surface area contributed by atoms with Gasteiger partial charge >= 0.3 is 0 Å². The molecule has 2 unspecified atom stereocenters. The van der Waals surface area contributed by atoms with Crippen molar-refractivity contribution in [2.45, 2.75) is 17.4 Å². The number of β-amino-alcohol motifs (C(OH)–C–C–N with tert-alkyl or cyclic N) is 1. The monoisotopic (exact) mass is 283 g/mol. The molecular weight excluding hydrogens is 270 g/mol. The van der Waals surface area contributed by atoms with Gasteiger partial charge in [-0.2, -0.15) is 0 Å². The summed E-state index contributed by atoms with van der Waals surface area (Å²) in [6.45, 7) is 1.10. The number of hydrogen-bond donors (Lipinski definition) is 1. The largest absolute Gasteiger partial charge is 0.390 e. The number of aliphatic hydroxyl groups excluding tert-OH is 1. The van der Waals surface area contributed by atoms with Crippen LogP contribution in [0.3, 0.4) is 0 Å². The van der Waals surface area contributed by atoms with Crippen molar-refractivity contribution in [3.05, 3.63) is 35.9 Å². The molecule has 0 spiro atoms. The Morgan fingerprint density at radius 3 is 2.69 bits per heavy atom. The highest BCUT2D eigenvalue weighted by Gasteiger charge is 2.28. The third-order valence-electron chi connectivity index (χ3n) is 2.81. The fraction of sp³-hybridized carbons (Fsp3) is 0.417. The van der Waals surface area contributed by atoms with Crippen LogP contribution in [-0.2, 0) is 0 Å². The first kappa shape index (κ1) is 11.6. The minimum atomic E-state index is -0.471. The molecule has 2 atom stereocenters. The van der Waals surface area contributed by atoms with E-state index in [-0.39, 0.29) is 10.7 Å². The first-order valence-electron chi connectivity index (χ1n) is 5.35. The maximum absolute atomic E-state index is 12.1. The molecule has 0 aromatic heterocycles. The first-order valence-corrected chi connectivity index (χ1v) is 6.26. The van der Waals surface area contributed by atoms with Crippen LogP contribution in [0.5, 0.6) is 0 Å². The standard InChI is InChI=1S/C12H14BrNO2/c13-10-6-7-14(8-11(10)15)12(16)9-4-2-1-3-5-9/h1-5,10-11,15H,6-8H2. The number of benzene rings is 1. The summed E-state index contributed by atoms with van der Waals surface area (Å²) in [5.41, 5.74) is 0.683. The Morgan fingerprint density at radius 2 is 2.06 bits per heavy atom. The summed E-state index contributed by atoms with van der Waals surface area (Å²) < 4.78 is 0. The van der Waals surface area contributed by atoms with E-state index in [1.54, 1.807) is 17.0 Å². The van der Waals surface area contributed by atoms with Gasteiger partial charge in [-0.1, -0.05) is 34.1 Å². The highest BCUT2D eigenvalue weighted by Crippen LogP contribution is 2.19. The number of nitrogens with zero attached hydrogens (tertiary/aromatic N) is 1. The molecule has 1 heterocycles. The molecule has 86 valence electrons. The van der Waals surface area contributed by atoms with Crippen LogP contribution in [-0.4, -0.2) is 39.9 Å². The van der Waals surface area contributed by atoms with Crippen LogP contribution in [0.15, 0.2) is 30.3 Å². The van der Waals surface area contributed by atoms with Crippen molar-refractivity contribution < 1.29 is 9.90 Å². The van der Waals surface area contributed by atoms with Gasteiger partial charge in [0.05, 0.1) is 6.10 Å². The lowest BCUT2D eigenvalue weighted by molar-refractivity contribution is 0.0503. The highest BCUT2D eigenvalue weighted by atomic mass is 79.9. The normalized spacial score (nSPS) is 25.5. The Kier molecular flexibility index (Phi) is 3.61. The topological polar surface area (TPSA) is 40.5 Å². The van der Waals surface area contributed by atoms with Crippen LogP contribution in [0.1, 0.15) is 16.8 Å². The molecule has 1 saturated heterocycles. The van der Waals surface area contributed by atoms with E-state index in [9.17, 15) is 9.90 Å². The molecule has 1 amide bonds. The molecule has 16 heavy (non-hydrogen) atoms. The molecular formula is C12H14BrNO2. The van der Waals surface area contributed by atoms with Gasteiger partial charge in [0, 0.05) is 23.5 Å². The van der Waals surface area contributed by atoms with Gasteiger partial charge in [-0.25, -0.2) is 0 Å². The van der Waals surface area contributed by atoms with Crippen molar-refractivity contribution >= 4 is 21.8 Å². The van der Waals surface area contributed by atoms with E-state index in [0.717, 1.165) is 6.42 Å². The second-order valence-corrected chi connectivity index (χ2v) is 5.17. The lowest BCUT2D eigenvalue weighted by Gasteiger charge is -2.33. The van der Waals surface area contributed by atoms with Crippen LogP contribution in [0, 0.1) is 0 Å². The maximum Gasteiger partial charge on any atom is 0.253 e.